The molecule has 1 N–H and O–H groups in total. The van der Waals surface area contributed by atoms with E-state index in [0.717, 1.165) is 41.4 Å². The highest BCUT2D eigenvalue weighted by Gasteiger charge is 2.65. The molecule has 0 bridgehead atoms. The Morgan fingerprint density at radius 1 is 1.28 bits per heavy atom. The van der Waals surface area contributed by atoms with Crippen molar-refractivity contribution in [3.05, 3.63) is 47.2 Å². The highest BCUT2D eigenvalue weighted by atomic mass is 19.1. The zero-order valence-corrected chi connectivity index (χ0v) is 18.4. The number of rotatable bonds is 5. The van der Waals surface area contributed by atoms with Gasteiger partial charge in [-0.25, -0.2) is 14.4 Å². The Hall–Kier alpha value is -2.70. The summed E-state index contributed by atoms with van der Waals surface area (Å²) >= 11 is 0. The molecule has 32 heavy (non-hydrogen) atoms. The lowest BCUT2D eigenvalue weighted by Crippen LogP contribution is -2.65. The van der Waals surface area contributed by atoms with Gasteiger partial charge < -0.3 is 15.0 Å². The summed E-state index contributed by atoms with van der Waals surface area (Å²) in [6.45, 7) is 1.98. The molecule has 1 aliphatic heterocycles. The molecule has 0 saturated heterocycles. The Balaban J connectivity index is 1.14. The quantitative estimate of drug-likeness (QED) is 0.766. The summed E-state index contributed by atoms with van der Waals surface area (Å²) in [7, 11) is 1.41. The standard InChI is InChI=1S/C25H29FN4O2/c1-32-21-6-5-15(9-19(21)26)24(31)30-8-7-18-20(12-30)28-14-29-23(18)27-13-25-10-16-3-2-4-17(11-25)22(16)25/h5-6,9,14,16-17,22H,2-4,7-8,10-13H2,1H3,(H,27,28,29). The van der Waals surface area contributed by atoms with Crippen LogP contribution in [-0.4, -0.2) is 41.0 Å². The van der Waals surface area contributed by atoms with Crippen LogP contribution in [0, 0.1) is 29.0 Å². The molecule has 0 radical (unpaired) electrons. The molecule has 2 atom stereocenters. The van der Waals surface area contributed by atoms with Gasteiger partial charge in [0, 0.05) is 24.2 Å². The highest BCUT2D eigenvalue weighted by molar-refractivity contribution is 5.94. The average molecular weight is 437 g/mol. The average Bonchev–Trinajstić information content (AvgIpc) is 2.78. The number of fused-ring (bicyclic) bond motifs is 1. The Morgan fingerprint density at radius 3 is 2.84 bits per heavy atom. The molecule has 3 saturated carbocycles. The van der Waals surface area contributed by atoms with Crippen molar-refractivity contribution >= 4 is 11.7 Å². The van der Waals surface area contributed by atoms with E-state index in [-0.39, 0.29) is 11.7 Å². The summed E-state index contributed by atoms with van der Waals surface area (Å²) in [5.74, 6) is 3.20. The number of anilines is 1. The summed E-state index contributed by atoms with van der Waals surface area (Å²) in [6.07, 6.45) is 9.30. The number of benzene rings is 1. The molecule has 3 aliphatic carbocycles. The van der Waals surface area contributed by atoms with Gasteiger partial charge in [-0.05, 0) is 60.6 Å². The van der Waals surface area contributed by atoms with Gasteiger partial charge in [0.05, 0.1) is 19.3 Å². The number of amides is 1. The minimum absolute atomic E-state index is 0.136. The zero-order valence-electron chi connectivity index (χ0n) is 18.4. The van der Waals surface area contributed by atoms with Crippen LogP contribution in [0.4, 0.5) is 10.2 Å². The molecule has 0 spiro atoms. The van der Waals surface area contributed by atoms with Gasteiger partial charge in [-0.1, -0.05) is 19.3 Å². The van der Waals surface area contributed by atoms with E-state index in [1.165, 1.54) is 51.3 Å². The highest BCUT2D eigenvalue weighted by Crippen LogP contribution is 2.71. The first-order chi connectivity index (χ1) is 15.6. The summed E-state index contributed by atoms with van der Waals surface area (Å²) in [5, 5.41) is 3.66. The van der Waals surface area contributed by atoms with Crippen molar-refractivity contribution in [2.24, 2.45) is 23.2 Å². The van der Waals surface area contributed by atoms with Crippen molar-refractivity contribution in [2.75, 3.05) is 25.5 Å². The lowest BCUT2D eigenvalue weighted by atomic mass is 9.35. The monoisotopic (exact) mass is 436 g/mol. The molecule has 2 aromatic rings. The molecule has 1 amide bonds. The van der Waals surface area contributed by atoms with Crippen LogP contribution in [0.1, 0.15) is 53.7 Å². The van der Waals surface area contributed by atoms with Crippen molar-refractivity contribution in [3.8, 4) is 5.75 Å². The number of hydrogen-bond donors (Lipinski definition) is 1. The van der Waals surface area contributed by atoms with Crippen LogP contribution in [-0.2, 0) is 13.0 Å². The molecule has 6 nitrogen and oxygen atoms in total. The van der Waals surface area contributed by atoms with Crippen molar-refractivity contribution < 1.29 is 13.9 Å². The summed E-state index contributed by atoms with van der Waals surface area (Å²) in [6, 6.07) is 4.34. The molecular formula is C25H29FN4O2. The molecule has 1 aromatic carbocycles. The van der Waals surface area contributed by atoms with Gasteiger partial charge >= 0.3 is 0 Å². The zero-order chi connectivity index (χ0) is 21.9. The second kappa shape index (κ2) is 7.42. The summed E-state index contributed by atoms with van der Waals surface area (Å²) in [5.41, 5.74) is 2.81. The Kier molecular flexibility index (Phi) is 4.63. The van der Waals surface area contributed by atoms with Crippen LogP contribution in [0.2, 0.25) is 0 Å². The Morgan fingerprint density at radius 2 is 2.09 bits per heavy atom. The van der Waals surface area contributed by atoms with Crippen LogP contribution in [0.5, 0.6) is 5.75 Å². The molecule has 3 fully saturated rings. The third-order valence-electron chi connectivity index (χ3n) is 8.51. The number of halogens is 1. The molecule has 4 aliphatic rings. The van der Waals surface area contributed by atoms with Crippen LogP contribution in [0.15, 0.2) is 24.5 Å². The topological polar surface area (TPSA) is 67.3 Å². The van der Waals surface area contributed by atoms with Crippen molar-refractivity contribution in [1.29, 1.82) is 0 Å². The first-order valence-electron chi connectivity index (χ1n) is 11.8. The number of carbonyl (C=O) groups is 1. The summed E-state index contributed by atoms with van der Waals surface area (Å²) in [4.78, 5) is 23.7. The van der Waals surface area contributed by atoms with Crippen LogP contribution in [0.3, 0.4) is 0 Å². The lowest BCUT2D eigenvalue weighted by Gasteiger charge is -2.70. The molecule has 168 valence electrons. The molecule has 1 aromatic heterocycles. The van der Waals surface area contributed by atoms with Gasteiger partial charge in [-0.15, -0.1) is 0 Å². The van der Waals surface area contributed by atoms with E-state index in [2.05, 4.69) is 15.3 Å². The van der Waals surface area contributed by atoms with Crippen LogP contribution < -0.4 is 10.1 Å². The van der Waals surface area contributed by atoms with Gasteiger partial charge in [0.15, 0.2) is 11.6 Å². The van der Waals surface area contributed by atoms with E-state index >= 15 is 0 Å². The number of carbonyl (C=O) groups excluding carboxylic acids is 1. The molecule has 2 heterocycles. The van der Waals surface area contributed by atoms with Crippen molar-refractivity contribution in [1.82, 2.24) is 14.9 Å². The van der Waals surface area contributed by atoms with E-state index in [1.54, 1.807) is 17.3 Å². The number of ether oxygens (including phenoxy) is 1. The Labute approximate surface area is 187 Å². The molecule has 6 rings (SSSR count). The number of hydrogen-bond acceptors (Lipinski definition) is 5. The SMILES string of the molecule is COc1ccc(C(=O)N2CCc3c(ncnc3NCC34CC5CCCC(C3)C54)C2)cc1F. The van der Waals surface area contributed by atoms with E-state index in [0.29, 0.717) is 30.5 Å². The van der Waals surface area contributed by atoms with Gasteiger partial charge in [0.1, 0.15) is 12.1 Å². The van der Waals surface area contributed by atoms with Gasteiger partial charge in [-0.2, -0.15) is 0 Å². The maximum atomic E-state index is 14.1. The summed E-state index contributed by atoms with van der Waals surface area (Å²) < 4.78 is 19.0. The van der Waals surface area contributed by atoms with Crippen molar-refractivity contribution in [3.63, 3.8) is 0 Å². The predicted octanol–water partition coefficient (Wildman–Crippen LogP) is 4.06. The maximum absolute atomic E-state index is 14.1. The minimum atomic E-state index is -0.529. The normalized spacial score (nSPS) is 29.8. The lowest BCUT2D eigenvalue weighted by molar-refractivity contribution is -0.198. The maximum Gasteiger partial charge on any atom is 0.254 e. The van der Waals surface area contributed by atoms with Gasteiger partial charge in [0.2, 0.25) is 0 Å². The Bertz CT molecular complexity index is 1060. The van der Waals surface area contributed by atoms with Gasteiger partial charge in [-0.3, -0.25) is 4.79 Å². The van der Waals surface area contributed by atoms with Crippen molar-refractivity contribution in [2.45, 2.75) is 45.1 Å². The smallest absolute Gasteiger partial charge is 0.254 e. The minimum Gasteiger partial charge on any atom is -0.494 e. The molecule has 2 unspecified atom stereocenters. The van der Waals surface area contributed by atoms with E-state index in [4.69, 9.17) is 4.74 Å². The third kappa shape index (κ3) is 3.00. The fourth-order valence-corrected chi connectivity index (χ4v) is 7.11. The predicted molar refractivity (Wildman–Crippen MR) is 118 cm³/mol. The second-order valence-corrected chi connectivity index (χ2v) is 10.1. The van der Waals surface area contributed by atoms with Crippen LogP contribution >= 0.6 is 0 Å². The fraction of sp³-hybridized carbons (Fsp3) is 0.560. The number of methoxy groups -OCH3 is 1. The number of nitrogens with one attached hydrogen (secondary N) is 1. The first-order valence-corrected chi connectivity index (χ1v) is 11.8. The molecular weight excluding hydrogens is 407 g/mol. The van der Waals surface area contributed by atoms with E-state index in [1.807, 2.05) is 0 Å². The largest absolute Gasteiger partial charge is 0.494 e. The molecule has 7 heteroatoms. The van der Waals surface area contributed by atoms with Gasteiger partial charge in [0.25, 0.3) is 5.91 Å². The van der Waals surface area contributed by atoms with E-state index < -0.39 is 5.82 Å². The first kappa shape index (κ1) is 19.9. The second-order valence-electron chi connectivity index (χ2n) is 10.1. The number of aromatic nitrogens is 2. The third-order valence-corrected chi connectivity index (χ3v) is 8.51. The van der Waals surface area contributed by atoms with Crippen LogP contribution in [0.25, 0.3) is 0 Å². The fourth-order valence-electron chi connectivity index (χ4n) is 7.11. The van der Waals surface area contributed by atoms with E-state index in [9.17, 15) is 9.18 Å². The number of nitrogens with zero attached hydrogens (tertiary/aromatic N) is 3.